The van der Waals surface area contributed by atoms with Gasteiger partial charge in [0.1, 0.15) is 0 Å². The van der Waals surface area contributed by atoms with Gasteiger partial charge in [-0.1, -0.05) is 30.9 Å². The molecule has 0 atom stereocenters. The van der Waals surface area contributed by atoms with Crippen LogP contribution in [0.1, 0.15) is 32.1 Å². The Morgan fingerprint density at radius 1 is 1.04 bits per heavy atom. The van der Waals surface area contributed by atoms with Crippen molar-refractivity contribution in [3.05, 3.63) is 23.2 Å². The van der Waals surface area contributed by atoms with Crippen LogP contribution in [0.5, 0.6) is 0 Å². The first-order valence-corrected chi connectivity index (χ1v) is 9.76. The number of morpholine rings is 1. The summed E-state index contributed by atoms with van der Waals surface area (Å²) in [6.07, 6.45) is 5.98. The maximum absolute atomic E-state index is 12.6. The largest absolute Gasteiger partial charge is 0.378 e. The molecule has 1 aromatic carbocycles. The Labute approximate surface area is 155 Å². The van der Waals surface area contributed by atoms with Crippen LogP contribution >= 0.6 is 11.6 Å². The van der Waals surface area contributed by atoms with Crippen LogP contribution in [0.3, 0.4) is 0 Å². The fourth-order valence-corrected chi connectivity index (χ4v) is 3.68. The summed E-state index contributed by atoms with van der Waals surface area (Å²) in [7, 11) is 0. The molecule has 0 radical (unpaired) electrons. The summed E-state index contributed by atoms with van der Waals surface area (Å²) in [6.45, 7) is 5.26. The van der Waals surface area contributed by atoms with Gasteiger partial charge in [0.2, 0.25) is 5.91 Å². The van der Waals surface area contributed by atoms with Crippen molar-refractivity contribution < 1.29 is 9.53 Å². The lowest BCUT2D eigenvalue weighted by atomic mass is 10.1. The van der Waals surface area contributed by atoms with Gasteiger partial charge in [0.25, 0.3) is 0 Å². The highest BCUT2D eigenvalue weighted by Gasteiger charge is 2.18. The number of carbonyl (C=O) groups is 1. The number of hydrogen-bond donors (Lipinski definition) is 1. The highest BCUT2D eigenvalue weighted by molar-refractivity contribution is 6.31. The third-order valence-corrected chi connectivity index (χ3v) is 5.18. The lowest BCUT2D eigenvalue weighted by molar-refractivity contribution is -0.129. The molecule has 0 saturated carbocycles. The molecule has 25 heavy (non-hydrogen) atoms. The Morgan fingerprint density at radius 3 is 2.44 bits per heavy atom. The summed E-state index contributed by atoms with van der Waals surface area (Å²) in [4.78, 5) is 16.9. The van der Waals surface area contributed by atoms with Gasteiger partial charge in [-0.05, 0) is 31.0 Å². The maximum atomic E-state index is 12.6. The van der Waals surface area contributed by atoms with Crippen molar-refractivity contribution in [3.8, 4) is 0 Å². The molecule has 0 bridgehead atoms. The number of nitrogens with one attached hydrogen (secondary N) is 1. The molecule has 2 aliphatic heterocycles. The van der Waals surface area contributed by atoms with E-state index in [0.29, 0.717) is 11.6 Å². The zero-order valence-corrected chi connectivity index (χ0v) is 15.6. The monoisotopic (exact) mass is 365 g/mol. The molecule has 0 spiro atoms. The summed E-state index contributed by atoms with van der Waals surface area (Å²) in [5, 5.41) is 4.01. The highest BCUT2D eigenvalue weighted by atomic mass is 35.5. The van der Waals surface area contributed by atoms with E-state index in [4.69, 9.17) is 16.3 Å². The van der Waals surface area contributed by atoms with Gasteiger partial charge >= 0.3 is 0 Å². The molecule has 1 N–H and O–H groups in total. The summed E-state index contributed by atoms with van der Waals surface area (Å²) in [6, 6.07) is 5.83. The average molecular weight is 366 g/mol. The van der Waals surface area contributed by atoms with E-state index in [1.54, 1.807) is 0 Å². The zero-order chi connectivity index (χ0) is 17.5. The molecule has 5 nitrogen and oxygen atoms in total. The number of ether oxygens (including phenoxy) is 1. The molecule has 2 aliphatic rings. The van der Waals surface area contributed by atoms with Crippen LogP contribution in [0.15, 0.2) is 18.2 Å². The number of nitrogens with zero attached hydrogens (tertiary/aromatic N) is 2. The summed E-state index contributed by atoms with van der Waals surface area (Å²) in [5.74, 6) is 0.176. The lowest BCUT2D eigenvalue weighted by Crippen LogP contribution is -2.38. The first-order chi connectivity index (χ1) is 12.2. The van der Waals surface area contributed by atoms with E-state index in [1.807, 2.05) is 23.1 Å². The van der Waals surface area contributed by atoms with Gasteiger partial charge in [0.05, 0.1) is 31.1 Å². The number of hydrogen-bond acceptors (Lipinski definition) is 4. The zero-order valence-electron chi connectivity index (χ0n) is 14.8. The van der Waals surface area contributed by atoms with Crippen LogP contribution in [-0.2, 0) is 9.53 Å². The Morgan fingerprint density at radius 2 is 1.72 bits per heavy atom. The highest BCUT2D eigenvalue weighted by Crippen LogP contribution is 2.29. The Balaban J connectivity index is 1.63. The van der Waals surface area contributed by atoms with Crippen molar-refractivity contribution in [2.75, 3.05) is 56.2 Å². The number of anilines is 2. The lowest BCUT2D eigenvalue weighted by Gasteiger charge is -2.31. The van der Waals surface area contributed by atoms with Crippen molar-refractivity contribution in [2.45, 2.75) is 32.1 Å². The van der Waals surface area contributed by atoms with Gasteiger partial charge in [-0.3, -0.25) is 4.79 Å². The molecule has 0 unspecified atom stereocenters. The van der Waals surface area contributed by atoms with Crippen LogP contribution in [0.25, 0.3) is 0 Å². The van der Waals surface area contributed by atoms with E-state index in [-0.39, 0.29) is 5.91 Å². The second kappa shape index (κ2) is 9.30. The van der Waals surface area contributed by atoms with Crippen LogP contribution in [0.4, 0.5) is 11.4 Å². The number of benzene rings is 1. The first-order valence-electron chi connectivity index (χ1n) is 9.38. The van der Waals surface area contributed by atoms with Crippen molar-refractivity contribution in [1.82, 2.24) is 4.90 Å². The minimum absolute atomic E-state index is 0.176. The predicted molar refractivity (Wildman–Crippen MR) is 103 cm³/mol. The van der Waals surface area contributed by atoms with Gasteiger partial charge in [-0.2, -0.15) is 0 Å². The fourth-order valence-electron chi connectivity index (χ4n) is 3.51. The quantitative estimate of drug-likeness (QED) is 0.888. The molecule has 3 rings (SSSR count). The van der Waals surface area contributed by atoms with Gasteiger partial charge in [0.15, 0.2) is 0 Å². The molecular weight excluding hydrogens is 338 g/mol. The van der Waals surface area contributed by atoms with E-state index in [0.717, 1.165) is 63.6 Å². The number of rotatable bonds is 4. The van der Waals surface area contributed by atoms with Crippen molar-refractivity contribution in [1.29, 1.82) is 0 Å². The predicted octanol–water partition coefficient (Wildman–Crippen LogP) is 3.38. The minimum atomic E-state index is 0.176. The first kappa shape index (κ1) is 18.3. The van der Waals surface area contributed by atoms with E-state index in [9.17, 15) is 4.79 Å². The molecule has 0 aromatic heterocycles. The third-order valence-electron chi connectivity index (χ3n) is 4.95. The van der Waals surface area contributed by atoms with E-state index < -0.39 is 0 Å². The molecule has 0 aliphatic carbocycles. The van der Waals surface area contributed by atoms with Gasteiger partial charge in [-0.25, -0.2) is 0 Å². The smallest absolute Gasteiger partial charge is 0.241 e. The van der Waals surface area contributed by atoms with Gasteiger partial charge in [0, 0.05) is 31.2 Å². The normalized spacial score (nSPS) is 19.2. The molecule has 2 fully saturated rings. The SMILES string of the molecule is O=C(CNc1cc(Cl)ccc1N1CCOCC1)N1CCCCCCC1. The fraction of sp³-hybridized carbons (Fsp3) is 0.632. The minimum Gasteiger partial charge on any atom is -0.378 e. The Kier molecular flexibility index (Phi) is 6.82. The molecule has 2 saturated heterocycles. The maximum Gasteiger partial charge on any atom is 0.241 e. The van der Waals surface area contributed by atoms with Crippen LogP contribution < -0.4 is 10.2 Å². The average Bonchev–Trinajstić information content (AvgIpc) is 2.60. The number of carbonyl (C=O) groups excluding carboxylic acids is 1. The number of likely N-dealkylation sites (tertiary alicyclic amines) is 1. The van der Waals surface area contributed by atoms with Crippen LogP contribution in [0, 0.1) is 0 Å². The topological polar surface area (TPSA) is 44.8 Å². The second-order valence-electron chi connectivity index (χ2n) is 6.76. The third kappa shape index (κ3) is 5.25. The standard InChI is InChI=1S/C19H28ClN3O2/c20-16-6-7-18(22-10-12-25-13-11-22)17(14-16)21-15-19(24)23-8-4-2-1-3-5-9-23/h6-7,14,21H,1-5,8-13,15H2. The molecule has 1 amide bonds. The molecule has 6 heteroatoms. The van der Waals surface area contributed by atoms with Crippen molar-refractivity contribution in [3.63, 3.8) is 0 Å². The number of halogens is 1. The summed E-state index contributed by atoms with van der Waals surface area (Å²) in [5.41, 5.74) is 2.02. The van der Waals surface area contributed by atoms with Gasteiger partial charge < -0.3 is 19.9 Å². The van der Waals surface area contributed by atoms with Crippen molar-refractivity contribution >= 4 is 28.9 Å². The van der Waals surface area contributed by atoms with Gasteiger partial charge in [-0.15, -0.1) is 0 Å². The second-order valence-corrected chi connectivity index (χ2v) is 7.20. The van der Waals surface area contributed by atoms with E-state index in [1.165, 1.54) is 19.3 Å². The van der Waals surface area contributed by atoms with E-state index >= 15 is 0 Å². The Bertz CT molecular complexity index is 568. The van der Waals surface area contributed by atoms with Crippen molar-refractivity contribution in [2.24, 2.45) is 0 Å². The Hall–Kier alpha value is -1.46. The summed E-state index contributed by atoms with van der Waals surface area (Å²) >= 11 is 6.18. The molecule has 2 heterocycles. The molecule has 1 aromatic rings. The summed E-state index contributed by atoms with van der Waals surface area (Å²) < 4.78 is 5.44. The number of amides is 1. The van der Waals surface area contributed by atoms with E-state index in [2.05, 4.69) is 10.2 Å². The molecule has 138 valence electrons. The van der Waals surface area contributed by atoms with Crippen LogP contribution in [-0.4, -0.2) is 56.7 Å². The molecular formula is C19H28ClN3O2. The van der Waals surface area contributed by atoms with Crippen LogP contribution in [0.2, 0.25) is 5.02 Å².